The van der Waals surface area contributed by atoms with Crippen LogP contribution in [0, 0.1) is 0 Å². The van der Waals surface area contributed by atoms with E-state index in [0.717, 1.165) is 35.4 Å². The van der Waals surface area contributed by atoms with E-state index >= 15 is 0 Å². The fraction of sp³-hybridized carbons (Fsp3) is 0.0536. The molecule has 0 bridgehead atoms. The first kappa shape index (κ1) is 34.4. The smallest absolute Gasteiger partial charge is 0.0712 e. The molecule has 11 rings (SSSR count). The van der Waals surface area contributed by atoms with Crippen molar-refractivity contribution < 1.29 is 0 Å². The topological polar surface area (TPSA) is 12.4 Å². The molecule has 0 fully saturated rings. The van der Waals surface area contributed by atoms with Gasteiger partial charge in [-0.1, -0.05) is 158 Å². The monoisotopic (exact) mass is 757 g/mol. The van der Waals surface area contributed by atoms with Crippen LogP contribution < -0.4 is 0 Å². The van der Waals surface area contributed by atoms with E-state index in [-0.39, 0.29) is 0 Å². The average Bonchev–Trinajstić information content (AvgIpc) is 3.66. The Morgan fingerprint density at radius 3 is 1.81 bits per heavy atom. The van der Waals surface area contributed by atoms with Crippen LogP contribution in [0.25, 0.3) is 86.0 Å². The van der Waals surface area contributed by atoms with Crippen molar-refractivity contribution in [2.75, 3.05) is 0 Å². The van der Waals surface area contributed by atoms with Gasteiger partial charge in [0.25, 0.3) is 0 Å². The van der Waals surface area contributed by atoms with E-state index in [0.29, 0.717) is 0 Å². The fourth-order valence-corrected chi connectivity index (χ4v) is 10.1. The lowest BCUT2D eigenvalue weighted by molar-refractivity contribution is 0.988. The third kappa shape index (κ3) is 5.96. The molecule has 0 atom stereocenters. The number of nitrogens with zero attached hydrogens (tertiary/aromatic N) is 1. The molecular weight excluding hydrogens is 719 g/mol. The van der Waals surface area contributed by atoms with Crippen LogP contribution in [-0.2, 0) is 0 Å². The summed E-state index contributed by atoms with van der Waals surface area (Å²) in [4.78, 5) is 5.48. The molecule has 9 aromatic carbocycles. The molecule has 0 N–H and O–H groups in total. The Bertz CT molecular complexity index is 3330. The van der Waals surface area contributed by atoms with Crippen molar-refractivity contribution in [1.82, 2.24) is 0 Å². The van der Waals surface area contributed by atoms with Crippen LogP contribution >= 0.6 is 11.3 Å². The summed E-state index contributed by atoms with van der Waals surface area (Å²) in [6.45, 7) is 2.24. The summed E-state index contributed by atoms with van der Waals surface area (Å²) in [6, 6.07) is 69.0. The Morgan fingerprint density at radius 2 is 0.983 bits per heavy atom. The fourth-order valence-electron chi connectivity index (χ4n) is 9.04. The van der Waals surface area contributed by atoms with Gasteiger partial charge >= 0.3 is 0 Å². The highest BCUT2D eigenvalue weighted by atomic mass is 32.1. The molecule has 274 valence electrons. The van der Waals surface area contributed by atoms with Gasteiger partial charge in [0.1, 0.15) is 0 Å². The van der Waals surface area contributed by atoms with Gasteiger partial charge < -0.3 is 0 Å². The summed E-state index contributed by atoms with van der Waals surface area (Å²) in [7, 11) is 0. The number of fused-ring (bicyclic) bond motifs is 9. The number of hydrogen-bond donors (Lipinski definition) is 0. The zero-order chi connectivity index (χ0) is 38.6. The minimum absolute atomic E-state index is 0.955. The molecule has 1 aliphatic rings. The van der Waals surface area contributed by atoms with Gasteiger partial charge in [0, 0.05) is 31.3 Å². The van der Waals surface area contributed by atoms with Gasteiger partial charge in [0.05, 0.1) is 11.4 Å². The molecule has 10 aromatic rings. The third-order valence-electron chi connectivity index (χ3n) is 11.9. The Kier molecular flexibility index (Phi) is 8.45. The molecule has 0 aliphatic carbocycles. The number of aliphatic imine (C=N–C) groups is 1. The van der Waals surface area contributed by atoms with E-state index in [1.807, 2.05) is 11.3 Å². The lowest BCUT2D eigenvalue weighted by Gasteiger charge is -2.18. The maximum atomic E-state index is 5.48. The van der Waals surface area contributed by atoms with E-state index < -0.39 is 0 Å². The van der Waals surface area contributed by atoms with E-state index in [9.17, 15) is 0 Å². The average molecular weight is 758 g/mol. The van der Waals surface area contributed by atoms with Gasteiger partial charge in [-0.3, -0.25) is 0 Å². The molecule has 0 spiro atoms. The largest absolute Gasteiger partial charge is 0.248 e. The van der Waals surface area contributed by atoms with Crippen LogP contribution in [0.15, 0.2) is 205 Å². The molecule has 1 aromatic heterocycles. The van der Waals surface area contributed by atoms with Crippen molar-refractivity contribution in [1.29, 1.82) is 0 Å². The molecule has 0 unspecified atom stereocenters. The standard InChI is InChI=1S/C56H39NS/c1-36-26-27-41(37-14-4-2-5-15-37)35-52(57-56(36)38-16-6-3-7-17-38)43-19-12-18-39(32-43)40-28-30-49-50(33-40)46-21-9-8-20-45(46)48-24-13-23-44(55(48)49)42-29-31-54-51(34-42)47-22-10-11-25-53(47)58-54/h2-25,28-35H,26-27H2,1H3/b41-35+,56-36+,57-52+. The predicted molar refractivity (Wildman–Crippen MR) is 252 cm³/mol. The minimum atomic E-state index is 0.955. The lowest BCUT2D eigenvalue weighted by Crippen LogP contribution is -2.04. The van der Waals surface area contributed by atoms with E-state index in [1.54, 1.807) is 0 Å². The third-order valence-corrected chi connectivity index (χ3v) is 13.1. The van der Waals surface area contributed by atoms with Crippen molar-refractivity contribution in [3.63, 3.8) is 0 Å². The van der Waals surface area contributed by atoms with Crippen LogP contribution in [0.5, 0.6) is 0 Å². The highest BCUT2D eigenvalue weighted by molar-refractivity contribution is 7.25. The van der Waals surface area contributed by atoms with Gasteiger partial charge in [0.15, 0.2) is 0 Å². The molecule has 0 saturated carbocycles. The van der Waals surface area contributed by atoms with Gasteiger partial charge in [0.2, 0.25) is 0 Å². The molecule has 2 heterocycles. The van der Waals surface area contributed by atoms with E-state index in [1.165, 1.54) is 91.5 Å². The van der Waals surface area contributed by atoms with Crippen molar-refractivity contribution in [2.45, 2.75) is 19.8 Å². The Labute approximate surface area is 342 Å². The van der Waals surface area contributed by atoms with Crippen LogP contribution in [0.4, 0.5) is 0 Å². The van der Waals surface area contributed by atoms with Gasteiger partial charge in [-0.05, 0) is 127 Å². The number of hydrogen-bond acceptors (Lipinski definition) is 2. The summed E-state index contributed by atoms with van der Waals surface area (Å²) >= 11 is 1.87. The van der Waals surface area contributed by atoms with Gasteiger partial charge in [-0.2, -0.15) is 0 Å². The first-order chi connectivity index (χ1) is 28.7. The van der Waals surface area contributed by atoms with Gasteiger partial charge in [-0.15, -0.1) is 11.3 Å². The van der Waals surface area contributed by atoms with Crippen molar-refractivity contribution in [2.24, 2.45) is 4.99 Å². The van der Waals surface area contributed by atoms with Crippen LogP contribution in [0.3, 0.4) is 0 Å². The molecule has 1 nitrogen and oxygen atoms in total. The van der Waals surface area contributed by atoms with Crippen LogP contribution in [0.2, 0.25) is 0 Å². The Balaban J connectivity index is 1.08. The van der Waals surface area contributed by atoms with Crippen LogP contribution in [0.1, 0.15) is 36.5 Å². The first-order valence-corrected chi connectivity index (χ1v) is 21.0. The molecule has 2 heteroatoms. The molecule has 0 radical (unpaired) electrons. The van der Waals surface area contributed by atoms with Gasteiger partial charge in [-0.25, -0.2) is 4.99 Å². The minimum Gasteiger partial charge on any atom is -0.248 e. The molecule has 1 aliphatic heterocycles. The zero-order valence-corrected chi connectivity index (χ0v) is 33.1. The van der Waals surface area contributed by atoms with Crippen molar-refractivity contribution >= 4 is 80.8 Å². The zero-order valence-electron chi connectivity index (χ0n) is 32.2. The first-order valence-electron chi connectivity index (χ1n) is 20.2. The summed E-state index contributed by atoms with van der Waals surface area (Å²) in [5.41, 5.74) is 13.0. The second-order valence-electron chi connectivity index (χ2n) is 15.5. The number of benzene rings is 9. The van der Waals surface area contributed by atoms with Crippen molar-refractivity contribution in [3.05, 3.63) is 216 Å². The Morgan fingerprint density at radius 1 is 0.397 bits per heavy atom. The molecular formula is C56H39NS. The van der Waals surface area contributed by atoms with E-state index in [4.69, 9.17) is 4.99 Å². The normalized spacial score (nSPS) is 16.6. The SMILES string of the molecule is C\C1=C(c2ccccc2)/N=C(c2cccc(-c3ccc4c(c3)c3ccccc3c3cccc(-c5ccc6sc7ccccc7c6c5)c34)c2)\C=C(\c2ccccc2)CC1. The highest BCUT2D eigenvalue weighted by Gasteiger charge is 2.18. The number of thiophene rings is 1. The summed E-state index contributed by atoms with van der Waals surface area (Å²) < 4.78 is 2.66. The summed E-state index contributed by atoms with van der Waals surface area (Å²) in [5, 5.41) is 10.3. The maximum absolute atomic E-state index is 5.48. The second-order valence-corrected chi connectivity index (χ2v) is 16.5. The molecule has 0 amide bonds. The summed E-state index contributed by atoms with van der Waals surface area (Å²) in [6.07, 6.45) is 4.24. The van der Waals surface area contributed by atoms with E-state index in [2.05, 4.69) is 201 Å². The van der Waals surface area contributed by atoms with Crippen molar-refractivity contribution in [3.8, 4) is 22.3 Å². The second kappa shape index (κ2) is 14.3. The number of allylic oxidation sites excluding steroid dienone is 3. The Hall–Kier alpha value is -6.87. The highest BCUT2D eigenvalue weighted by Crippen LogP contribution is 2.43. The summed E-state index contributed by atoms with van der Waals surface area (Å²) in [5.74, 6) is 0. The molecule has 58 heavy (non-hydrogen) atoms. The predicted octanol–water partition coefficient (Wildman–Crippen LogP) is 15.9. The maximum Gasteiger partial charge on any atom is 0.0712 e. The quantitative estimate of drug-likeness (QED) is 0.155. The number of rotatable bonds is 5. The lowest BCUT2D eigenvalue weighted by atomic mass is 9.87. The molecule has 0 saturated heterocycles. The van der Waals surface area contributed by atoms with Crippen LogP contribution in [-0.4, -0.2) is 5.71 Å².